The Labute approximate surface area is 221 Å². The largest absolute Gasteiger partial charge is 0.494 e. The number of ether oxygens (including phenoxy) is 4. The first-order valence-corrected chi connectivity index (χ1v) is 12.8. The molecule has 0 unspecified atom stereocenters. The van der Waals surface area contributed by atoms with E-state index in [4.69, 9.17) is 30.5 Å². The smallest absolute Gasteiger partial charge is 0.225 e. The van der Waals surface area contributed by atoms with Crippen molar-refractivity contribution in [3.63, 3.8) is 0 Å². The van der Waals surface area contributed by atoms with Gasteiger partial charge in [-0.15, -0.1) is 0 Å². The third kappa shape index (κ3) is 4.89. The first kappa shape index (κ1) is 26.1. The quantitative estimate of drug-likeness (QED) is 0.392. The molecule has 0 spiro atoms. The summed E-state index contributed by atoms with van der Waals surface area (Å²) in [5, 5.41) is 32.7. The van der Waals surface area contributed by atoms with Crippen molar-refractivity contribution in [2.45, 2.75) is 49.7 Å². The minimum atomic E-state index is -1.55. The highest BCUT2D eigenvalue weighted by atomic mass is 35.5. The van der Waals surface area contributed by atoms with Crippen LogP contribution in [0.2, 0.25) is 5.02 Å². The van der Waals surface area contributed by atoms with E-state index in [1.54, 1.807) is 12.1 Å². The van der Waals surface area contributed by atoms with Gasteiger partial charge in [-0.2, -0.15) is 0 Å². The summed E-state index contributed by atoms with van der Waals surface area (Å²) in [6.07, 6.45) is -3.28. The topological polar surface area (TPSA) is 97.6 Å². The maximum absolute atomic E-state index is 11.2. The highest BCUT2D eigenvalue weighted by Crippen LogP contribution is 2.51. The van der Waals surface area contributed by atoms with Crippen LogP contribution in [-0.2, 0) is 33.0 Å². The molecule has 0 radical (unpaired) electrons. The first-order valence-electron chi connectivity index (χ1n) is 12.4. The molecule has 0 aromatic heterocycles. The Bertz CT molecular complexity index is 1200. The van der Waals surface area contributed by atoms with Gasteiger partial charge in [-0.25, -0.2) is 0 Å². The molecule has 0 saturated carbocycles. The minimum Gasteiger partial charge on any atom is -0.494 e. The number of hydrogen-bond acceptors (Lipinski definition) is 7. The summed E-state index contributed by atoms with van der Waals surface area (Å²) >= 11 is 6.58. The van der Waals surface area contributed by atoms with Crippen LogP contribution >= 0.6 is 11.6 Å². The van der Waals surface area contributed by atoms with Gasteiger partial charge in [0.15, 0.2) is 0 Å². The van der Waals surface area contributed by atoms with Crippen LogP contribution in [0.3, 0.4) is 0 Å². The van der Waals surface area contributed by atoms with Gasteiger partial charge in [-0.1, -0.05) is 60.1 Å². The Hall–Kier alpha value is -2.49. The van der Waals surface area contributed by atoms with Gasteiger partial charge in [0.25, 0.3) is 0 Å². The maximum atomic E-state index is 11.2. The Morgan fingerprint density at radius 2 is 1.76 bits per heavy atom. The summed E-state index contributed by atoms with van der Waals surface area (Å²) in [5.41, 5.74) is 1.87. The van der Waals surface area contributed by atoms with Crippen LogP contribution in [0, 0.1) is 0 Å². The average molecular weight is 527 g/mol. The van der Waals surface area contributed by atoms with Crippen LogP contribution < -0.4 is 4.74 Å². The fourth-order valence-electron chi connectivity index (χ4n) is 5.04. The lowest BCUT2D eigenvalue weighted by Crippen LogP contribution is -2.66. The lowest BCUT2D eigenvalue weighted by atomic mass is 9.83. The van der Waals surface area contributed by atoms with Crippen molar-refractivity contribution < 1.29 is 34.3 Å². The van der Waals surface area contributed by atoms with Crippen LogP contribution in [-0.4, -0.2) is 59.1 Å². The van der Waals surface area contributed by atoms with E-state index in [0.29, 0.717) is 23.6 Å². The standard InChI is InChI=1S/C29H31ClO7/c1-2-34-23-11-8-19(9-12-23)14-21-15-22(10-13-24(21)30)29-27(35-16-20-6-4-3-5-7-20)25(32)26(33)28(17-31,37-29)18-36-29/h3-13,15,25-27,31-33H,2,14,16-18H2,1H3/t25-,26-,27+,28-,29-/m0/s1. The van der Waals surface area contributed by atoms with E-state index in [9.17, 15) is 15.3 Å². The van der Waals surface area contributed by atoms with Crippen LogP contribution in [0.4, 0.5) is 0 Å². The Kier molecular flexibility index (Phi) is 7.56. The zero-order valence-corrected chi connectivity index (χ0v) is 21.3. The van der Waals surface area contributed by atoms with Crippen molar-refractivity contribution in [3.8, 4) is 5.75 Å². The normalized spacial score (nSPS) is 28.8. The van der Waals surface area contributed by atoms with Crippen molar-refractivity contribution in [2.75, 3.05) is 19.8 Å². The highest BCUT2D eigenvalue weighted by molar-refractivity contribution is 6.31. The van der Waals surface area contributed by atoms with Crippen LogP contribution in [0.5, 0.6) is 5.75 Å². The van der Waals surface area contributed by atoms with E-state index in [-0.39, 0.29) is 13.2 Å². The SMILES string of the molecule is CCOc1ccc(Cc2cc([C@]34OC[C@](CO)(O3)[C@@H](O)[C@H](O)[C@H]4OCc3ccccc3)ccc2Cl)cc1. The number of rotatable bonds is 9. The molecule has 7 nitrogen and oxygen atoms in total. The van der Waals surface area contributed by atoms with E-state index >= 15 is 0 Å². The average Bonchev–Trinajstić information content (AvgIpc) is 3.30. The van der Waals surface area contributed by atoms with E-state index in [1.165, 1.54) is 0 Å². The molecule has 3 aromatic carbocycles. The molecule has 0 aliphatic carbocycles. The van der Waals surface area contributed by atoms with E-state index in [2.05, 4.69) is 0 Å². The zero-order valence-electron chi connectivity index (χ0n) is 20.5. The summed E-state index contributed by atoms with van der Waals surface area (Å²) < 4.78 is 24.2. The Morgan fingerprint density at radius 3 is 2.46 bits per heavy atom. The predicted octanol–water partition coefficient (Wildman–Crippen LogP) is 3.58. The number of hydrogen-bond donors (Lipinski definition) is 3. The number of halogens is 1. The number of aliphatic hydroxyl groups is 3. The molecule has 0 amide bonds. The van der Waals surface area contributed by atoms with Gasteiger partial charge in [-0.3, -0.25) is 0 Å². The molecule has 2 fully saturated rings. The second kappa shape index (κ2) is 10.7. The second-order valence-electron chi connectivity index (χ2n) is 9.49. The maximum Gasteiger partial charge on any atom is 0.225 e. The van der Waals surface area contributed by atoms with Crippen molar-refractivity contribution in [1.82, 2.24) is 0 Å². The van der Waals surface area contributed by atoms with Crippen molar-refractivity contribution in [1.29, 1.82) is 0 Å². The van der Waals surface area contributed by atoms with Gasteiger partial charge in [0.1, 0.15) is 29.7 Å². The highest BCUT2D eigenvalue weighted by Gasteiger charge is 2.67. The van der Waals surface area contributed by atoms with Crippen LogP contribution in [0.15, 0.2) is 72.8 Å². The third-order valence-corrected chi connectivity index (χ3v) is 7.42. The Morgan fingerprint density at radius 1 is 1.00 bits per heavy atom. The molecule has 196 valence electrons. The third-order valence-electron chi connectivity index (χ3n) is 7.05. The minimum absolute atomic E-state index is 0.107. The molecule has 3 aromatic rings. The molecule has 2 saturated heterocycles. The molecular formula is C29H31ClO7. The number of fused-ring (bicyclic) bond motifs is 2. The van der Waals surface area contributed by atoms with Gasteiger partial charge in [0.2, 0.25) is 5.79 Å². The monoisotopic (exact) mass is 526 g/mol. The summed E-state index contributed by atoms with van der Waals surface area (Å²) in [6, 6.07) is 22.7. The molecule has 2 bridgehead atoms. The molecule has 5 rings (SSSR count). The molecule has 2 aliphatic rings. The van der Waals surface area contributed by atoms with Gasteiger partial charge in [0, 0.05) is 10.6 Å². The lowest BCUT2D eigenvalue weighted by molar-refractivity contribution is -0.340. The lowest BCUT2D eigenvalue weighted by Gasteiger charge is -2.47. The molecule has 37 heavy (non-hydrogen) atoms. The van der Waals surface area contributed by atoms with E-state index < -0.39 is 36.3 Å². The van der Waals surface area contributed by atoms with Crippen LogP contribution in [0.25, 0.3) is 0 Å². The summed E-state index contributed by atoms with van der Waals surface area (Å²) in [7, 11) is 0. The second-order valence-corrected chi connectivity index (χ2v) is 9.90. The number of aliphatic hydroxyl groups excluding tert-OH is 3. The summed E-state index contributed by atoms with van der Waals surface area (Å²) in [4.78, 5) is 0. The molecule has 3 N–H and O–H groups in total. The van der Waals surface area contributed by atoms with E-state index in [1.807, 2.05) is 67.6 Å². The van der Waals surface area contributed by atoms with Crippen LogP contribution in [0.1, 0.15) is 29.2 Å². The van der Waals surface area contributed by atoms with Gasteiger partial charge < -0.3 is 34.3 Å². The fraction of sp³-hybridized carbons (Fsp3) is 0.379. The molecule has 8 heteroatoms. The molecular weight excluding hydrogens is 496 g/mol. The summed E-state index contributed by atoms with van der Waals surface area (Å²) in [5.74, 6) is -0.750. The van der Waals surface area contributed by atoms with Gasteiger partial charge >= 0.3 is 0 Å². The predicted molar refractivity (Wildman–Crippen MR) is 137 cm³/mol. The Balaban J connectivity index is 1.48. The van der Waals surface area contributed by atoms with Crippen molar-refractivity contribution in [2.24, 2.45) is 0 Å². The fourth-order valence-corrected chi connectivity index (χ4v) is 5.23. The summed E-state index contributed by atoms with van der Waals surface area (Å²) in [6.45, 7) is 2.07. The van der Waals surface area contributed by atoms with Crippen molar-refractivity contribution in [3.05, 3.63) is 100 Å². The van der Waals surface area contributed by atoms with Crippen molar-refractivity contribution >= 4 is 11.6 Å². The molecule has 2 aliphatic heterocycles. The zero-order chi connectivity index (χ0) is 26.0. The van der Waals surface area contributed by atoms with Gasteiger partial charge in [-0.05, 0) is 54.3 Å². The van der Waals surface area contributed by atoms with Gasteiger partial charge in [0.05, 0.1) is 26.4 Å². The molecule has 2 heterocycles. The number of benzene rings is 3. The molecule has 5 atom stereocenters. The van der Waals surface area contributed by atoms with E-state index in [0.717, 1.165) is 22.4 Å². The first-order chi connectivity index (χ1) is 17.9.